The lowest BCUT2D eigenvalue weighted by molar-refractivity contribution is 0.498. The van der Waals surface area contributed by atoms with Crippen molar-refractivity contribution < 1.29 is 9.09 Å². The lowest BCUT2D eigenvalue weighted by atomic mass is 9.98. The summed E-state index contributed by atoms with van der Waals surface area (Å²) in [6.07, 6.45) is 0. The molecular formula is C23H25O2P. The predicted molar refractivity (Wildman–Crippen MR) is 110 cm³/mol. The van der Waals surface area contributed by atoms with E-state index in [9.17, 15) is 4.57 Å². The van der Waals surface area contributed by atoms with E-state index < -0.39 is 7.37 Å². The van der Waals surface area contributed by atoms with Crippen molar-refractivity contribution in [1.82, 2.24) is 0 Å². The molecule has 0 atom stereocenters. The van der Waals surface area contributed by atoms with E-state index in [-0.39, 0.29) is 0 Å². The molecule has 134 valence electrons. The highest BCUT2D eigenvalue weighted by atomic mass is 31.2. The predicted octanol–water partition coefficient (Wildman–Crippen LogP) is 5.73. The molecular weight excluding hydrogens is 339 g/mol. The summed E-state index contributed by atoms with van der Waals surface area (Å²) >= 11 is 0. The summed E-state index contributed by atoms with van der Waals surface area (Å²) in [5.41, 5.74) is 3.29. The third-order valence-electron chi connectivity index (χ3n) is 4.56. The molecule has 0 N–H and O–H groups in total. The molecule has 0 spiro atoms. The summed E-state index contributed by atoms with van der Waals surface area (Å²) in [5.74, 6) is 1.15. The Morgan fingerprint density at radius 1 is 0.769 bits per heavy atom. The lowest BCUT2D eigenvalue weighted by Gasteiger charge is -2.23. The van der Waals surface area contributed by atoms with Crippen molar-refractivity contribution in [2.75, 3.05) is 0 Å². The van der Waals surface area contributed by atoms with Crippen LogP contribution in [0.25, 0.3) is 0 Å². The van der Waals surface area contributed by atoms with E-state index in [1.165, 1.54) is 5.56 Å². The summed E-state index contributed by atoms with van der Waals surface area (Å²) in [7, 11) is -3.24. The SMILES string of the molecule is Cc1cc(C(C)C)cc(C)c1OP(=O)(c1ccccc1)c1ccccc1. The Kier molecular flexibility index (Phi) is 5.34. The summed E-state index contributed by atoms with van der Waals surface area (Å²) in [6.45, 7) is 8.39. The fourth-order valence-electron chi connectivity index (χ4n) is 3.09. The topological polar surface area (TPSA) is 26.3 Å². The quantitative estimate of drug-likeness (QED) is 0.540. The van der Waals surface area contributed by atoms with E-state index in [0.29, 0.717) is 22.3 Å². The molecule has 3 aromatic rings. The van der Waals surface area contributed by atoms with Crippen LogP contribution in [-0.2, 0) is 4.57 Å². The van der Waals surface area contributed by atoms with Crippen LogP contribution in [0.1, 0.15) is 36.5 Å². The van der Waals surface area contributed by atoms with Crippen LogP contribution in [0.3, 0.4) is 0 Å². The highest BCUT2D eigenvalue weighted by molar-refractivity contribution is 7.74. The van der Waals surface area contributed by atoms with Crippen molar-refractivity contribution in [3.63, 3.8) is 0 Å². The summed E-state index contributed by atoms with van der Waals surface area (Å²) in [5, 5.41) is 1.41. The molecule has 26 heavy (non-hydrogen) atoms. The normalized spacial score (nSPS) is 11.6. The molecule has 3 heteroatoms. The zero-order valence-corrected chi connectivity index (χ0v) is 16.7. The van der Waals surface area contributed by atoms with Crippen molar-refractivity contribution in [3.05, 3.63) is 89.5 Å². The van der Waals surface area contributed by atoms with E-state index in [1.807, 2.05) is 74.5 Å². The van der Waals surface area contributed by atoms with E-state index in [4.69, 9.17) is 4.52 Å². The first kappa shape index (κ1) is 18.5. The van der Waals surface area contributed by atoms with Crippen molar-refractivity contribution in [1.29, 1.82) is 0 Å². The zero-order valence-electron chi connectivity index (χ0n) is 15.8. The molecule has 0 aliphatic rings. The standard InChI is InChI=1S/C23H25O2P/c1-17(2)20-15-18(3)23(19(4)16-20)25-26(24,21-11-7-5-8-12-21)22-13-9-6-10-14-22/h5-17H,1-4H3. The van der Waals surface area contributed by atoms with Gasteiger partial charge in [0.1, 0.15) is 5.75 Å². The summed E-state index contributed by atoms with van der Waals surface area (Å²) in [4.78, 5) is 0. The molecule has 0 saturated carbocycles. The van der Waals surface area contributed by atoms with Gasteiger partial charge in [-0.2, -0.15) is 0 Å². The number of hydrogen-bond acceptors (Lipinski definition) is 2. The smallest absolute Gasteiger partial charge is 0.306 e. The maximum Gasteiger partial charge on any atom is 0.306 e. The van der Waals surface area contributed by atoms with Gasteiger partial charge in [-0.3, -0.25) is 4.57 Å². The van der Waals surface area contributed by atoms with Crippen LogP contribution in [0.4, 0.5) is 0 Å². The Morgan fingerprint density at radius 2 is 1.19 bits per heavy atom. The van der Waals surface area contributed by atoms with Crippen molar-refractivity contribution in [2.24, 2.45) is 0 Å². The third-order valence-corrected chi connectivity index (χ3v) is 6.96. The Bertz CT molecular complexity index is 864. The van der Waals surface area contributed by atoms with Gasteiger partial charge < -0.3 is 4.52 Å². The maximum absolute atomic E-state index is 14.1. The Labute approximate surface area is 156 Å². The molecule has 0 bridgehead atoms. The largest absolute Gasteiger partial charge is 0.436 e. The van der Waals surface area contributed by atoms with E-state index in [1.54, 1.807) is 0 Å². The van der Waals surface area contributed by atoms with Crippen LogP contribution in [0.2, 0.25) is 0 Å². The Balaban J connectivity index is 2.13. The minimum atomic E-state index is -3.24. The first-order chi connectivity index (χ1) is 12.4. The Hall–Kier alpha value is -2.31. The van der Waals surface area contributed by atoms with Crippen LogP contribution in [0, 0.1) is 13.8 Å². The van der Waals surface area contributed by atoms with E-state index >= 15 is 0 Å². The molecule has 0 aliphatic heterocycles. The van der Waals surface area contributed by atoms with Gasteiger partial charge in [0.25, 0.3) is 0 Å². The van der Waals surface area contributed by atoms with Gasteiger partial charge in [0.2, 0.25) is 0 Å². The van der Waals surface area contributed by atoms with Crippen molar-refractivity contribution in [3.8, 4) is 5.75 Å². The van der Waals surface area contributed by atoms with Crippen LogP contribution < -0.4 is 15.1 Å². The molecule has 0 unspecified atom stereocenters. The molecule has 0 heterocycles. The molecule has 0 fully saturated rings. The second-order valence-electron chi connectivity index (χ2n) is 6.95. The van der Waals surface area contributed by atoms with Crippen LogP contribution >= 0.6 is 7.37 Å². The van der Waals surface area contributed by atoms with Crippen molar-refractivity contribution >= 4 is 18.0 Å². The highest BCUT2D eigenvalue weighted by Gasteiger charge is 2.31. The lowest BCUT2D eigenvalue weighted by Crippen LogP contribution is -2.20. The zero-order chi connectivity index (χ0) is 18.7. The first-order valence-corrected chi connectivity index (χ1v) is 10.6. The number of rotatable bonds is 5. The second-order valence-corrected chi connectivity index (χ2v) is 9.27. The van der Waals surface area contributed by atoms with Gasteiger partial charge in [-0.25, -0.2) is 0 Å². The second kappa shape index (κ2) is 7.51. The first-order valence-electron chi connectivity index (χ1n) is 8.94. The molecule has 2 nitrogen and oxygen atoms in total. The van der Waals surface area contributed by atoms with Gasteiger partial charge in [-0.15, -0.1) is 0 Å². The fraction of sp³-hybridized carbons (Fsp3) is 0.217. The molecule has 0 amide bonds. The van der Waals surface area contributed by atoms with Crippen LogP contribution in [0.5, 0.6) is 5.75 Å². The number of hydrogen-bond donors (Lipinski definition) is 0. The molecule has 0 aromatic heterocycles. The summed E-state index contributed by atoms with van der Waals surface area (Å²) < 4.78 is 20.4. The van der Waals surface area contributed by atoms with E-state index in [0.717, 1.165) is 11.1 Å². The minimum absolute atomic E-state index is 0.441. The third kappa shape index (κ3) is 3.61. The van der Waals surface area contributed by atoms with E-state index in [2.05, 4.69) is 26.0 Å². The number of benzene rings is 3. The van der Waals surface area contributed by atoms with Crippen LogP contribution in [-0.4, -0.2) is 0 Å². The average molecular weight is 364 g/mol. The monoisotopic (exact) mass is 364 g/mol. The van der Waals surface area contributed by atoms with Gasteiger partial charge in [-0.1, -0.05) is 62.4 Å². The minimum Gasteiger partial charge on any atom is -0.436 e. The van der Waals surface area contributed by atoms with Crippen molar-refractivity contribution in [2.45, 2.75) is 33.6 Å². The average Bonchev–Trinajstić information content (AvgIpc) is 2.65. The molecule has 0 radical (unpaired) electrons. The van der Waals surface area contributed by atoms with Gasteiger partial charge in [0.05, 0.1) is 10.6 Å². The fourth-order valence-corrected chi connectivity index (χ4v) is 5.28. The molecule has 3 rings (SSSR count). The Morgan fingerprint density at radius 3 is 1.58 bits per heavy atom. The highest BCUT2D eigenvalue weighted by Crippen LogP contribution is 2.47. The maximum atomic E-state index is 14.1. The van der Waals surface area contributed by atoms with Gasteiger partial charge >= 0.3 is 7.37 Å². The molecule has 0 aliphatic carbocycles. The van der Waals surface area contributed by atoms with Gasteiger partial charge in [0.15, 0.2) is 0 Å². The molecule has 0 saturated heterocycles. The van der Waals surface area contributed by atoms with Crippen LogP contribution in [0.15, 0.2) is 72.8 Å². The van der Waals surface area contributed by atoms with Gasteiger partial charge in [0, 0.05) is 0 Å². The van der Waals surface area contributed by atoms with Gasteiger partial charge in [-0.05, 0) is 60.7 Å². The summed E-state index contributed by atoms with van der Waals surface area (Å²) in [6, 6.07) is 23.2. The molecule has 3 aromatic carbocycles. The number of aryl methyl sites for hydroxylation is 2.